The number of piperidine rings is 1. The van der Waals surface area contributed by atoms with Gasteiger partial charge in [-0.2, -0.15) is 0 Å². The van der Waals surface area contributed by atoms with Crippen molar-refractivity contribution in [1.82, 2.24) is 9.62 Å². The normalized spacial score (nSPS) is 22.1. The smallest absolute Gasteiger partial charge is 0.211 e. The van der Waals surface area contributed by atoms with Gasteiger partial charge in [0.05, 0.1) is 11.9 Å². The Kier molecular flexibility index (Phi) is 6.44. The third-order valence-corrected chi connectivity index (χ3v) is 5.26. The van der Waals surface area contributed by atoms with E-state index in [9.17, 15) is 13.5 Å². The van der Waals surface area contributed by atoms with E-state index in [-0.39, 0.29) is 0 Å². The van der Waals surface area contributed by atoms with Crippen LogP contribution in [0.4, 0.5) is 0 Å². The molecule has 0 aliphatic carbocycles. The van der Waals surface area contributed by atoms with Gasteiger partial charge in [0, 0.05) is 25.7 Å². The summed E-state index contributed by atoms with van der Waals surface area (Å²) in [6, 6.07) is 0.304. The average Bonchev–Trinajstić information content (AvgIpc) is 2.34. The minimum Gasteiger partial charge on any atom is -0.389 e. The van der Waals surface area contributed by atoms with Crippen LogP contribution < -0.4 is 5.32 Å². The standard InChI is InChI=1S/C14H30N2O3S/c1-12(2)5-8-14(3,17)11-15-13-6-9-16(10-7-13)20(4,18)19/h12-13,15,17H,5-11H2,1-4H3. The van der Waals surface area contributed by atoms with Gasteiger partial charge in [0.15, 0.2) is 0 Å². The maximum absolute atomic E-state index is 11.4. The topological polar surface area (TPSA) is 69.6 Å². The number of nitrogens with one attached hydrogen (secondary N) is 1. The fourth-order valence-electron chi connectivity index (χ4n) is 2.44. The number of aliphatic hydroxyl groups is 1. The van der Waals surface area contributed by atoms with Crippen LogP contribution in [0.1, 0.15) is 46.5 Å². The molecule has 1 unspecified atom stereocenters. The second-order valence-electron chi connectivity index (χ2n) is 6.75. The summed E-state index contributed by atoms with van der Waals surface area (Å²) in [4.78, 5) is 0. The zero-order valence-corrected chi connectivity index (χ0v) is 14.0. The summed E-state index contributed by atoms with van der Waals surface area (Å²) in [7, 11) is -3.05. The zero-order valence-electron chi connectivity index (χ0n) is 13.2. The van der Waals surface area contributed by atoms with Crippen LogP contribution >= 0.6 is 0 Å². The second kappa shape index (κ2) is 7.20. The third kappa shape index (κ3) is 6.52. The highest BCUT2D eigenvalue weighted by molar-refractivity contribution is 7.88. The van der Waals surface area contributed by atoms with Crippen molar-refractivity contribution in [3.63, 3.8) is 0 Å². The molecule has 0 amide bonds. The van der Waals surface area contributed by atoms with Crippen LogP contribution in [0, 0.1) is 5.92 Å². The van der Waals surface area contributed by atoms with Crippen molar-refractivity contribution >= 4 is 10.0 Å². The van der Waals surface area contributed by atoms with Gasteiger partial charge in [-0.3, -0.25) is 0 Å². The predicted octanol–water partition coefficient (Wildman–Crippen LogP) is 1.19. The lowest BCUT2D eigenvalue weighted by Crippen LogP contribution is -2.48. The molecule has 1 heterocycles. The predicted molar refractivity (Wildman–Crippen MR) is 82.1 cm³/mol. The van der Waals surface area contributed by atoms with Crippen molar-refractivity contribution in [3.05, 3.63) is 0 Å². The molecule has 1 fully saturated rings. The third-order valence-electron chi connectivity index (χ3n) is 3.95. The van der Waals surface area contributed by atoms with Gasteiger partial charge in [-0.05, 0) is 38.5 Å². The van der Waals surface area contributed by atoms with E-state index in [4.69, 9.17) is 0 Å². The van der Waals surface area contributed by atoms with Gasteiger partial charge in [-0.25, -0.2) is 12.7 Å². The van der Waals surface area contributed by atoms with Gasteiger partial charge >= 0.3 is 0 Å². The van der Waals surface area contributed by atoms with Crippen LogP contribution in [0.25, 0.3) is 0 Å². The van der Waals surface area contributed by atoms with E-state index in [1.54, 1.807) is 0 Å². The lowest BCUT2D eigenvalue weighted by atomic mass is 9.94. The Balaban J connectivity index is 2.30. The van der Waals surface area contributed by atoms with Gasteiger partial charge in [0.1, 0.15) is 0 Å². The molecule has 1 saturated heterocycles. The molecule has 0 aromatic carbocycles. The monoisotopic (exact) mass is 306 g/mol. The minimum atomic E-state index is -3.05. The maximum atomic E-state index is 11.4. The molecule has 0 aromatic heterocycles. The van der Waals surface area contributed by atoms with Crippen molar-refractivity contribution < 1.29 is 13.5 Å². The molecule has 120 valence electrons. The van der Waals surface area contributed by atoms with Gasteiger partial charge < -0.3 is 10.4 Å². The largest absolute Gasteiger partial charge is 0.389 e. The van der Waals surface area contributed by atoms with Crippen molar-refractivity contribution in [2.45, 2.75) is 58.1 Å². The average molecular weight is 306 g/mol. The Bertz CT molecular complexity index is 385. The molecule has 0 bridgehead atoms. The van der Waals surface area contributed by atoms with Gasteiger partial charge in [0.25, 0.3) is 0 Å². The van der Waals surface area contributed by atoms with Crippen molar-refractivity contribution in [2.75, 3.05) is 25.9 Å². The summed E-state index contributed by atoms with van der Waals surface area (Å²) < 4.78 is 24.4. The fourth-order valence-corrected chi connectivity index (χ4v) is 3.32. The molecule has 1 aliphatic heterocycles. The van der Waals surface area contributed by atoms with Crippen molar-refractivity contribution in [2.24, 2.45) is 5.92 Å². The van der Waals surface area contributed by atoms with E-state index in [2.05, 4.69) is 19.2 Å². The molecule has 1 aliphatic rings. The Labute approximate surface area is 123 Å². The molecule has 0 spiro atoms. The Morgan fingerprint density at radius 3 is 2.35 bits per heavy atom. The second-order valence-corrected chi connectivity index (χ2v) is 8.73. The summed E-state index contributed by atoms with van der Waals surface area (Å²) >= 11 is 0. The first-order valence-corrected chi connectivity index (χ1v) is 9.36. The molecule has 5 nitrogen and oxygen atoms in total. The molecule has 2 N–H and O–H groups in total. The zero-order chi connectivity index (χ0) is 15.4. The SMILES string of the molecule is CC(C)CCC(C)(O)CNC1CCN(S(C)(=O)=O)CC1. The summed E-state index contributed by atoms with van der Waals surface area (Å²) in [6.45, 7) is 7.90. The maximum Gasteiger partial charge on any atom is 0.211 e. The molecule has 0 radical (unpaired) electrons. The summed E-state index contributed by atoms with van der Waals surface area (Å²) in [6.07, 6.45) is 4.69. The molecule has 1 atom stereocenters. The van der Waals surface area contributed by atoms with Gasteiger partial charge in [-0.15, -0.1) is 0 Å². The summed E-state index contributed by atoms with van der Waals surface area (Å²) in [5.41, 5.74) is -0.682. The Morgan fingerprint density at radius 2 is 1.90 bits per heavy atom. The van der Waals surface area contributed by atoms with E-state index < -0.39 is 15.6 Å². The highest BCUT2D eigenvalue weighted by atomic mass is 32.2. The Hall–Kier alpha value is -0.170. The van der Waals surface area contributed by atoms with Crippen LogP contribution in [0.2, 0.25) is 0 Å². The van der Waals surface area contributed by atoms with Crippen LogP contribution in [-0.4, -0.2) is 55.4 Å². The minimum absolute atomic E-state index is 0.304. The first kappa shape index (κ1) is 17.9. The quantitative estimate of drug-likeness (QED) is 0.741. The van der Waals surface area contributed by atoms with Crippen molar-refractivity contribution in [3.8, 4) is 0 Å². The van der Waals surface area contributed by atoms with E-state index in [0.717, 1.165) is 25.7 Å². The van der Waals surface area contributed by atoms with E-state index >= 15 is 0 Å². The summed E-state index contributed by atoms with van der Waals surface area (Å²) in [5.74, 6) is 0.597. The number of sulfonamides is 1. The number of rotatable bonds is 7. The first-order chi connectivity index (χ1) is 9.10. The lowest BCUT2D eigenvalue weighted by Gasteiger charge is -2.33. The van der Waals surface area contributed by atoms with Crippen molar-refractivity contribution in [1.29, 1.82) is 0 Å². The molecule has 0 saturated carbocycles. The first-order valence-electron chi connectivity index (χ1n) is 7.51. The van der Waals surface area contributed by atoms with Gasteiger partial charge in [-0.1, -0.05) is 13.8 Å². The van der Waals surface area contributed by atoms with E-state index in [1.165, 1.54) is 10.6 Å². The van der Waals surface area contributed by atoms with Crippen LogP contribution in [0.15, 0.2) is 0 Å². The molecular formula is C14H30N2O3S. The molecular weight excluding hydrogens is 276 g/mol. The number of hydrogen-bond donors (Lipinski definition) is 2. The molecule has 1 rings (SSSR count). The van der Waals surface area contributed by atoms with Gasteiger partial charge in [0.2, 0.25) is 10.0 Å². The summed E-state index contributed by atoms with van der Waals surface area (Å²) in [5, 5.41) is 13.7. The number of nitrogens with zero attached hydrogens (tertiary/aromatic N) is 1. The van der Waals surface area contributed by atoms with E-state index in [0.29, 0.717) is 31.6 Å². The highest BCUT2D eigenvalue weighted by Gasteiger charge is 2.27. The molecule has 20 heavy (non-hydrogen) atoms. The lowest BCUT2D eigenvalue weighted by molar-refractivity contribution is 0.0407. The highest BCUT2D eigenvalue weighted by Crippen LogP contribution is 2.18. The van der Waals surface area contributed by atoms with Crippen LogP contribution in [-0.2, 0) is 10.0 Å². The van der Waals surface area contributed by atoms with E-state index in [1.807, 2.05) is 6.92 Å². The Morgan fingerprint density at radius 1 is 1.35 bits per heavy atom. The fraction of sp³-hybridized carbons (Fsp3) is 1.00. The van der Waals surface area contributed by atoms with Crippen LogP contribution in [0.5, 0.6) is 0 Å². The van der Waals surface area contributed by atoms with Crippen LogP contribution in [0.3, 0.4) is 0 Å². The number of hydrogen-bond acceptors (Lipinski definition) is 4. The molecule has 0 aromatic rings. The molecule has 6 heteroatoms.